The molecule has 150 valence electrons. The maximum Gasteiger partial charge on any atom is 0.310 e. The van der Waals surface area contributed by atoms with Crippen molar-refractivity contribution in [1.82, 2.24) is 4.90 Å². The lowest BCUT2D eigenvalue weighted by Gasteiger charge is -2.25. The van der Waals surface area contributed by atoms with Crippen LogP contribution in [0.1, 0.15) is 25.0 Å². The van der Waals surface area contributed by atoms with Gasteiger partial charge in [0.2, 0.25) is 0 Å². The molecule has 0 bridgehead atoms. The van der Waals surface area contributed by atoms with Crippen LogP contribution in [0.5, 0.6) is 5.75 Å². The molecule has 0 fully saturated rings. The lowest BCUT2D eigenvalue weighted by atomic mass is 10.1. The van der Waals surface area contributed by atoms with E-state index in [1.165, 1.54) is 12.7 Å². The third kappa shape index (κ3) is 6.72. The van der Waals surface area contributed by atoms with E-state index >= 15 is 0 Å². The summed E-state index contributed by atoms with van der Waals surface area (Å²) in [5.74, 6) is -0.206. The molecule has 2 aromatic carbocycles. The number of carbonyl (C=O) groups excluding carboxylic acids is 2. The highest BCUT2D eigenvalue weighted by atomic mass is 16.5. The van der Waals surface area contributed by atoms with Gasteiger partial charge >= 0.3 is 5.97 Å². The second kappa shape index (κ2) is 11.1. The fourth-order valence-electron chi connectivity index (χ4n) is 2.89. The van der Waals surface area contributed by atoms with Crippen LogP contribution < -0.4 is 4.74 Å². The Labute approximate surface area is 167 Å². The summed E-state index contributed by atoms with van der Waals surface area (Å²) in [7, 11) is 1.36. The molecule has 5 heteroatoms. The predicted molar refractivity (Wildman–Crippen MR) is 109 cm³/mol. The van der Waals surface area contributed by atoms with Gasteiger partial charge in [-0.1, -0.05) is 56.3 Å². The van der Waals surface area contributed by atoms with E-state index < -0.39 is 5.92 Å². The summed E-state index contributed by atoms with van der Waals surface area (Å²) < 4.78 is 10.5. The quantitative estimate of drug-likeness (QED) is 0.589. The Balaban J connectivity index is 1.98. The van der Waals surface area contributed by atoms with Gasteiger partial charge in [0, 0.05) is 13.1 Å². The number of hydrogen-bond acceptors (Lipinski definition) is 4. The molecule has 5 nitrogen and oxygen atoms in total. The van der Waals surface area contributed by atoms with Crippen molar-refractivity contribution in [3.63, 3.8) is 0 Å². The topological polar surface area (TPSA) is 55.8 Å². The standard InChI is InChI=1S/C23H29NO4/c1-4-19-10-12-21(13-11-19)28-17-22(25)24(16-18(2)23(26)27-3)15-14-20-8-6-5-7-9-20/h5-13,18H,4,14-17H2,1-3H3. The van der Waals surface area contributed by atoms with Crippen LogP contribution in [0, 0.1) is 5.92 Å². The van der Waals surface area contributed by atoms with Crippen molar-refractivity contribution in [1.29, 1.82) is 0 Å². The molecule has 0 saturated carbocycles. The summed E-state index contributed by atoms with van der Waals surface area (Å²) in [6.45, 7) is 4.61. The number of benzene rings is 2. The molecule has 0 aromatic heterocycles. The van der Waals surface area contributed by atoms with E-state index in [9.17, 15) is 9.59 Å². The number of hydrogen-bond donors (Lipinski definition) is 0. The van der Waals surface area contributed by atoms with Crippen LogP contribution in [-0.2, 0) is 27.2 Å². The van der Waals surface area contributed by atoms with Crippen LogP contribution in [0.3, 0.4) is 0 Å². The summed E-state index contributed by atoms with van der Waals surface area (Å²) in [6, 6.07) is 17.7. The van der Waals surface area contributed by atoms with E-state index in [1.807, 2.05) is 54.6 Å². The zero-order valence-electron chi connectivity index (χ0n) is 16.9. The van der Waals surface area contributed by atoms with Crippen molar-refractivity contribution in [3.8, 4) is 5.75 Å². The molecule has 1 unspecified atom stereocenters. The Bertz CT molecular complexity index is 743. The van der Waals surface area contributed by atoms with Gasteiger partial charge in [0.1, 0.15) is 5.75 Å². The third-order valence-electron chi connectivity index (χ3n) is 4.66. The molecule has 0 heterocycles. The van der Waals surface area contributed by atoms with Gasteiger partial charge in [0.25, 0.3) is 5.91 Å². The Morgan fingerprint density at radius 2 is 1.68 bits per heavy atom. The lowest BCUT2D eigenvalue weighted by molar-refractivity contribution is -0.146. The molecule has 2 rings (SSSR count). The molecule has 0 aliphatic heterocycles. The average molecular weight is 383 g/mol. The van der Waals surface area contributed by atoms with Crippen LogP contribution in [0.15, 0.2) is 54.6 Å². The van der Waals surface area contributed by atoms with Gasteiger partial charge in [0.15, 0.2) is 6.61 Å². The first-order valence-corrected chi connectivity index (χ1v) is 9.64. The zero-order valence-corrected chi connectivity index (χ0v) is 16.9. The molecule has 0 aliphatic carbocycles. The fourth-order valence-corrected chi connectivity index (χ4v) is 2.89. The highest BCUT2D eigenvalue weighted by Crippen LogP contribution is 2.13. The van der Waals surface area contributed by atoms with Crippen LogP contribution in [0.4, 0.5) is 0 Å². The van der Waals surface area contributed by atoms with Gasteiger partial charge < -0.3 is 14.4 Å². The summed E-state index contributed by atoms with van der Waals surface area (Å²) >= 11 is 0. The molecule has 0 radical (unpaired) electrons. The predicted octanol–water partition coefficient (Wildman–Crippen LogP) is 3.51. The maximum absolute atomic E-state index is 12.8. The van der Waals surface area contributed by atoms with Gasteiger partial charge in [-0.05, 0) is 36.1 Å². The molecule has 0 spiro atoms. The lowest BCUT2D eigenvalue weighted by Crippen LogP contribution is -2.41. The minimum atomic E-state index is -0.395. The minimum Gasteiger partial charge on any atom is -0.484 e. The van der Waals surface area contributed by atoms with Crippen molar-refractivity contribution in [2.75, 3.05) is 26.8 Å². The van der Waals surface area contributed by atoms with E-state index in [2.05, 4.69) is 6.92 Å². The van der Waals surface area contributed by atoms with Gasteiger partial charge in [0.05, 0.1) is 13.0 Å². The molecule has 0 aliphatic rings. The van der Waals surface area contributed by atoms with Gasteiger partial charge in [-0.3, -0.25) is 9.59 Å². The Hall–Kier alpha value is -2.82. The normalized spacial score (nSPS) is 11.5. The van der Waals surface area contributed by atoms with Gasteiger partial charge in [-0.25, -0.2) is 0 Å². The summed E-state index contributed by atoms with van der Waals surface area (Å²) in [5, 5.41) is 0. The molecule has 28 heavy (non-hydrogen) atoms. The molecule has 1 amide bonds. The molecule has 0 saturated heterocycles. The maximum atomic E-state index is 12.8. The van der Waals surface area contributed by atoms with Crippen molar-refractivity contribution in [2.24, 2.45) is 5.92 Å². The Kier molecular flexibility index (Phi) is 8.53. The van der Waals surface area contributed by atoms with Crippen LogP contribution >= 0.6 is 0 Å². The summed E-state index contributed by atoms with van der Waals surface area (Å²) in [6.07, 6.45) is 1.67. The number of methoxy groups -OCH3 is 1. The second-order valence-corrected chi connectivity index (χ2v) is 6.79. The smallest absolute Gasteiger partial charge is 0.310 e. The first kappa shape index (κ1) is 21.5. The van der Waals surface area contributed by atoms with Crippen molar-refractivity contribution < 1.29 is 19.1 Å². The van der Waals surface area contributed by atoms with E-state index in [0.29, 0.717) is 25.3 Å². The number of amides is 1. The first-order chi connectivity index (χ1) is 13.5. The zero-order chi connectivity index (χ0) is 20.4. The second-order valence-electron chi connectivity index (χ2n) is 6.79. The molecule has 2 aromatic rings. The van der Waals surface area contributed by atoms with E-state index in [0.717, 1.165) is 12.0 Å². The molecule has 1 atom stereocenters. The number of nitrogens with zero attached hydrogens (tertiary/aromatic N) is 1. The number of carbonyl (C=O) groups is 2. The van der Waals surface area contributed by atoms with Crippen LogP contribution in [0.2, 0.25) is 0 Å². The van der Waals surface area contributed by atoms with Crippen molar-refractivity contribution in [2.45, 2.75) is 26.7 Å². The van der Waals surface area contributed by atoms with Crippen LogP contribution in [0.25, 0.3) is 0 Å². The first-order valence-electron chi connectivity index (χ1n) is 9.64. The Morgan fingerprint density at radius 1 is 1.00 bits per heavy atom. The number of esters is 1. The largest absolute Gasteiger partial charge is 0.484 e. The summed E-state index contributed by atoms with van der Waals surface area (Å²) in [5.41, 5.74) is 2.36. The number of aryl methyl sites for hydroxylation is 1. The van der Waals surface area contributed by atoms with Crippen molar-refractivity contribution >= 4 is 11.9 Å². The highest BCUT2D eigenvalue weighted by Gasteiger charge is 2.22. The SMILES string of the molecule is CCc1ccc(OCC(=O)N(CCc2ccccc2)CC(C)C(=O)OC)cc1. The monoisotopic (exact) mass is 383 g/mol. The van der Waals surface area contributed by atoms with Crippen LogP contribution in [-0.4, -0.2) is 43.6 Å². The van der Waals surface area contributed by atoms with E-state index in [-0.39, 0.29) is 18.5 Å². The molecular weight excluding hydrogens is 354 g/mol. The van der Waals surface area contributed by atoms with Gasteiger partial charge in [-0.2, -0.15) is 0 Å². The molecular formula is C23H29NO4. The Morgan fingerprint density at radius 3 is 2.29 bits per heavy atom. The highest BCUT2D eigenvalue weighted by molar-refractivity contribution is 5.79. The third-order valence-corrected chi connectivity index (χ3v) is 4.66. The van der Waals surface area contributed by atoms with E-state index in [1.54, 1.807) is 11.8 Å². The number of ether oxygens (including phenoxy) is 2. The fraction of sp³-hybridized carbons (Fsp3) is 0.391. The minimum absolute atomic E-state index is 0.0614. The summed E-state index contributed by atoms with van der Waals surface area (Å²) in [4.78, 5) is 26.2. The molecule has 0 N–H and O–H groups in total. The van der Waals surface area contributed by atoms with Gasteiger partial charge in [-0.15, -0.1) is 0 Å². The van der Waals surface area contributed by atoms with E-state index in [4.69, 9.17) is 9.47 Å². The van der Waals surface area contributed by atoms with Crippen molar-refractivity contribution in [3.05, 3.63) is 65.7 Å². The average Bonchev–Trinajstić information content (AvgIpc) is 2.75. The number of rotatable bonds is 10.